The molecule has 1 aromatic rings. The van der Waals surface area contributed by atoms with Crippen molar-refractivity contribution in [2.75, 3.05) is 31.1 Å². The number of aromatic nitrogens is 2. The van der Waals surface area contributed by atoms with Gasteiger partial charge < -0.3 is 10.6 Å². The van der Waals surface area contributed by atoms with Crippen LogP contribution in [-0.2, 0) is 0 Å². The van der Waals surface area contributed by atoms with Crippen LogP contribution in [0.3, 0.4) is 0 Å². The van der Waals surface area contributed by atoms with Gasteiger partial charge in [-0.25, -0.2) is 9.97 Å². The van der Waals surface area contributed by atoms with E-state index in [1.54, 1.807) is 6.33 Å². The highest BCUT2D eigenvalue weighted by molar-refractivity contribution is 14.1. The van der Waals surface area contributed by atoms with Crippen LogP contribution in [0, 0.1) is 3.57 Å². The first kappa shape index (κ1) is 14.9. The molecule has 1 saturated heterocycles. The maximum absolute atomic E-state index is 5.83. The van der Waals surface area contributed by atoms with Crippen molar-refractivity contribution in [1.82, 2.24) is 14.9 Å². The number of nitrogens with two attached hydrogens (primary N) is 1. The zero-order valence-corrected chi connectivity index (χ0v) is 14.1. The summed E-state index contributed by atoms with van der Waals surface area (Å²) >= 11 is 7.43. The fraction of sp³-hybridized carbons (Fsp3) is 0.583. The third kappa shape index (κ3) is 3.14. The predicted molar refractivity (Wildman–Crippen MR) is 89.4 cm³/mol. The second-order valence-electron chi connectivity index (χ2n) is 5.09. The first-order valence-electron chi connectivity index (χ1n) is 6.18. The summed E-state index contributed by atoms with van der Waals surface area (Å²) in [5.41, 5.74) is 5.60. The van der Waals surface area contributed by atoms with Gasteiger partial charge >= 0.3 is 0 Å². The molecule has 0 saturated carbocycles. The van der Waals surface area contributed by atoms with E-state index in [1.165, 1.54) is 0 Å². The Morgan fingerprint density at radius 2 is 2.00 bits per heavy atom. The molecule has 1 fully saturated rings. The molecule has 0 radical (unpaired) electrons. The van der Waals surface area contributed by atoms with Crippen LogP contribution in [0.4, 0.5) is 5.82 Å². The average molecular weight is 391 g/mol. The van der Waals surface area contributed by atoms with Gasteiger partial charge in [0.1, 0.15) is 12.1 Å². The summed E-state index contributed by atoms with van der Waals surface area (Å²) in [4.78, 5) is 13.6. The topological polar surface area (TPSA) is 58.3 Å². The van der Waals surface area contributed by atoms with E-state index in [0.717, 1.165) is 35.6 Å². The number of halogens is 1. The SMILES string of the molecule is CC(C)(C(N)=S)N1CCN(c2ncncc2I)CC1. The number of nitrogens with zero attached hydrogens (tertiary/aromatic N) is 4. The Morgan fingerprint density at radius 1 is 1.37 bits per heavy atom. The van der Waals surface area contributed by atoms with Crippen molar-refractivity contribution in [2.45, 2.75) is 19.4 Å². The fourth-order valence-electron chi connectivity index (χ4n) is 2.17. The van der Waals surface area contributed by atoms with Crippen LogP contribution in [-0.4, -0.2) is 51.6 Å². The lowest BCUT2D eigenvalue weighted by Crippen LogP contribution is -2.59. The fourth-order valence-corrected chi connectivity index (χ4v) is 2.94. The van der Waals surface area contributed by atoms with E-state index in [4.69, 9.17) is 18.0 Å². The molecule has 0 bridgehead atoms. The molecule has 2 N–H and O–H groups in total. The maximum atomic E-state index is 5.83. The molecule has 19 heavy (non-hydrogen) atoms. The standard InChI is InChI=1S/C12H18IN5S/c1-12(2,11(14)19)18-5-3-17(4-6-18)10-9(13)7-15-8-16-10/h7-8H,3-6H2,1-2H3,(H2,14,19). The molecule has 0 amide bonds. The molecule has 2 rings (SSSR count). The van der Waals surface area contributed by atoms with Crippen LogP contribution in [0.2, 0.25) is 0 Å². The molecule has 0 unspecified atom stereocenters. The van der Waals surface area contributed by atoms with E-state index in [1.807, 2.05) is 6.20 Å². The van der Waals surface area contributed by atoms with Gasteiger partial charge in [-0.2, -0.15) is 0 Å². The number of piperazine rings is 1. The van der Waals surface area contributed by atoms with Crippen molar-refractivity contribution in [1.29, 1.82) is 0 Å². The minimum absolute atomic E-state index is 0.222. The van der Waals surface area contributed by atoms with Gasteiger partial charge in [-0.1, -0.05) is 12.2 Å². The van der Waals surface area contributed by atoms with Crippen molar-refractivity contribution in [3.8, 4) is 0 Å². The Morgan fingerprint density at radius 3 is 2.53 bits per heavy atom. The molecule has 0 spiro atoms. The molecular weight excluding hydrogens is 373 g/mol. The minimum Gasteiger partial charge on any atom is -0.392 e. The molecular formula is C12H18IN5S. The Bertz CT molecular complexity index is 471. The third-order valence-corrected chi connectivity index (χ3v) is 4.88. The summed E-state index contributed by atoms with van der Waals surface area (Å²) in [6.45, 7) is 7.89. The molecule has 7 heteroatoms. The summed E-state index contributed by atoms with van der Waals surface area (Å²) in [5, 5.41) is 0. The first-order chi connectivity index (χ1) is 8.93. The molecule has 0 atom stereocenters. The van der Waals surface area contributed by atoms with Gasteiger partial charge in [0.25, 0.3) is 0 Å². The first-order valence-corrected chi connectivity index (χ1v) is 7.67. The smallest absolute Gasteiger partial charge is 0.145 e. The van der Waals surface area contributed by atoms with Crippen molar-refractivity contribution in [2.24, 2.45) is 5.73 Å². The number of hydrogen-bond acceptors (Lipinski definition) is 5. The molecule has 0 aliphatic carbocycles. The summed E-state index contributed by atoms with van der Waals surface area (Å²) < 4.78 is 1.09. The summed E-state index contributed by atoms with van der Waals surface area (Å²) in [6.07, 6.45) is 3.44. The highest BCUT2D eigenvalue weighted by Gasteiger charge is 2.32. The Labute approximate surface area is 132 Å². The van der Waals surface area contributed by atoms with Gasteiger partial charge in [-0.05, 0) is 36.4 Å². The lowest BCUT2D eigenvalue weighted by molar-refractivity contribution is 0.168. The van der Waals surface area contributed by atoms with Crippen molar-refractivity contribution < 1.29 is 0 Å². The highest BCUT2D eigenvalue weighted by atomic mass is 127. The van der Waals surface area contributed by atoms with Gasteiger partial charge in [0.05, 0.1) is 14.1 Å². The van der Waals surface area contributed by atoms with Gasteiger partial charge in [-0.15, -0.1) is 0 Å². The zero-order valence-electron chi connectivity index (χ0n) is 11.1. The van der Waals surface area contributed by atoms with E-state index in [-0.39, 0.29) is 5.54 Å². The van der Waals surface area contributed by atoms with E-state index in [2.05, 4.69) is 56.2 Å². The second-order valence-corrected chi connectivity index (χ2v) is 6.69. The summed E-state index contributed by atoms with van der Waals surface area (Å²) in [7, 11) is 0. The Balaban J connectivity index is 2.04. The zero-order chi connectivity index (χ0) is 14.0. The van der Waals surface area contributed by atoms with Crippen LogP contribution in [0.1, 0.15) is 13.8 Å². The molecule has 2 heterocycles. The Kier molecular flexibility index (Phi) is 4.57. The normalized spacial score (nSPS) is 17.5. The van der Waals surface area contributed by atoms with Gasteiger partial charge in [0.2, 0.25) is 0 Å². The van der Waals surface area contributed by atoms with Gasteiger partial charge in [0, 0.05) is 32.4 Å². The quantitative estimate of drug-likeness (QED) is 0.619. The van der Waals surface area contributed by atoms with E-state index in [9.17, 15) is 0 Å². The molecule has 1 aliphatic rings. The van der Waals surface area contributed by atoms with Crippen LogP contribution < -0.4 is 10.6 Å². The van der Waals surface area contributed by atoms with Gasteiger partial charge in [-0.3, -0.25) is 4.90 Å². The maximum Gasteiger partial charge on any atom is 0.145 e. The molecule has 5 nitrogen and oxygen atoms in total. The average Bonchev–Trinajstić information content (AvgIpc) is 2.39. The largest absolute Gasteiger partial charge is 0.392 e. The molecule has 0 aromatic carbocycles. The van der Waals surface area contributed by atoms with Crippen LogP contribution in [0.15, 0.2) is 12.5 Å². The molecule has 1 aliphatic heterocycles. The lowest BCUT2D eigenvalue weighted by atomic mass is 10.0. The monoisotopic (exact) mass is 391 g/mol. The number of rotatable bonds is 3. The van der Waals surface area contributed by atoms with Crippen LogP contribution in [0.25, 0.3) is 0 Å². The molecule has 1 aromatic heterocycles. The van der Waals surface area contributed by atoms with Crippen LogP contribution >= 0.6 is 34.8 Å². The second kappa shape index (κ2) is 5.84. The predicted octanol–water partition coefficient (Wildman–Crippen LogP) is 1.27. The van der Waals surface area contributed by atoms with Crippen molar-refractivity contribution in [3.63, 3.8) is 0 Å². The lowest BCUT2D eigenvalue weighted by Gasteiger charge is -2.43. The number of thiocarbonyl (C=S) groups is 1. The van der Waals surface area contributed by atoms with Crippen molar-refractivity contribution >= 4 is 45.6 Å². The third-order valence-electron chi connectivity index (χ3n) is 3.62. The van der Waals surface area contributed by atoms with Crippen molar-refractivity contribution in [3.05, 3.63) is 16.1 Å². The van der Waals surface area contributed by atoms with Gasteiger partial charge in [0.15, 0.2) is 0 Å². The molecule has 104 valence electrons. The number of hydrogen-bond donors (Lipinski definition) is 1. The summed E-state index contributed by atoms with van der Waals surface area (Å²) in [6, 6.07) is 0. The van der Waals surface area contributed by atoms with E-state index >= 15 is 0 Å². The van der Waals surface area contributed by atoms with E-state index in [0.29, 0.717) is 4.99 Å². The minimum atomic E-state index is -0.222. The van der Waals surface area contributed by atoms with Crippen LogP contribution in [0.5, 0.6) is 0 Å². The van der Waals surface area contributed by atoms with E-state index < -0.39 is 0 Å². The highest BCUT2D eigenvalue weighted by Crippen LogP contribution is 2.22. The number of anilines is 1. The summed E-state index contributed by atoms with van der Waals surface area (Å²) in [5.74, 6) is 1.02. The Hall–Kier alpha value is -0.540.